The first-order valence-electron chi connectivity index (χ1n) is 40.4. The molecule has 4 aliphatic rings. The normalized spacial score (nSPS) is 21.7. The van der Waals surface area contributed by atoms with Gasteiger partial charge in [-0.25, -0.2) is 67.6 Å². The minimum absolute atomic E-state index is 0.0614. The van der Waals surface area contributed by atoms with Crippen LogP contribution in [-0.4, -0.2) is 142 Å². The first-order chi connectivity index (χ1) is 55.9. The first-order valence-corrected chi connectivity index (χ1v) is 40.4. The molecule has 0 fully saturated rings. The predicted octanol–water partition coefficient (Wildman–Crippen LogP) is 19.4. The Kier molecular flexibility index (Phi) is 29.1. The van der Waals surface area contributed by atoms with E-state index in [9.17, 15) is 82.4 Å². The number of aliphatic carboxylic acids is 1. The second-order valence-corrected chi connectivity index (χ2v) is 33.7. The summed E-state index contributed by atoms with van der Waals surface area (Å²) < 4.78 is 169. The maximum absolute atomic E-state index is 15.0. The van der Waals surface area contributed by atoms with Gasteiger partial charge in [-0.2, -0.15) is 0 Å². The molecule has 8 N–H and O–H groups in total. The van der Waals surface area contributed by atoms with Crippen LogP contribution in [0.5, 0.6) is 0 Å². The Hall–Kier alpha value is -9.48. The molecule has 3 aromatic heterocycles. The van der Waals surface area contributed by atoms with Gasteiger partial charge in [0, 0.05) is 105 Å². The molecule has 0 saturated heterocycles. The van der Waals surface area contributed by atoms with Crippen LogP contribution in [0, 0.1) is 46.9 Å². The second-order valence-electron chi connectivity index (χ2n) is 33.7. The number of nitrogens with one attached hydrogen (secondary N) is 4. The van der Waals surface area contributed by atoms with Crippen LogP contribution >= 0.6 is 0 Å². The third-order valence-electron chi connectivity index (χ3n) is 23.0. The third-order valence-corrected chi connectivity index (χ3v) is 23.0. The topological polar surface area (TPSA) is 237 Å². The van der Waals surface area contributed by atoms with E-state index in [0.29, 0.717) is 31.5 Å². The summed E-state index contributed by atoms with van der Waals surface area (Å²) in [7, 11) is 5.52. The fourth-order valence-electron chi connectivity index (χ4n) is 18.0. The minimum Gasteiger partial charge on any atom is -0.481 e. The number of carboxylic acids is 1. The molecule has 0 spiro atoms. The van der Waals surface area contributed by atoms with Crippen molar-refractivity contribution in [3.05, 3.63) is 231 Å². The molecule has 642 valence electrons. The number of carbonyl (C=O) groups is 3. The van der Waals surface area contributed by atoms with Gasteiger partial charge in [-0.15, -0.1) is 0 Å². The van der Waals surface area contributed by atoms with E-state index in [4.69, 9.17) is 5.11 Å². The second kappa shape index (κ2) is 37.7. The van der Waals surface area contributed by atoms with Crippen molar-refractivity contribution in [2.45, 2.75) is 203 Å². The number of aromatic nitrogens is 6. The first kappa shape index (κ1) is 91.8. The molecule has 7 aromatic carbocycles. The maximum Gasteiger partial charge on any atom is 0.306 e. The number of aliphatic hydroxyl groups is 3. The summed E-state index contributed by atoms with van der Waals surface area (Å²) in [6.07, 6.45) is 0.604. The van der Waals surface area contributed by atoms with Crippen molar-refractivity contribution in [1.82, 2.24) is 45.0 Å². The number of hydrogen-bond donors (Lipinski definition) is 8. The zero-order valence-electron chi connectivity index (χ0n) is 68.8. The van der Waals surface area contributed by atoms with Crippen molar-refractivity contribution in [2.24, 2.45) is 23.7 Å². The number of para-hydroxylation sites is 6. The lowest BCUT2D eigenvalue weighted by atomic mass is 9.64. The lowest BCUT2D eigenvalue weighted by Gasteiger charge is -2.47. The Bertz CT molecular complexity index is 5070. The summed E-state index contributed by atoms with van der Waals surface area (Å²) in [5.74, 6) is -18.8. The molecule has 0 unspecified atom stereocenters. The van der Waals surface area contributed by atoms with Crippen molar-refractivity contribution in [2.75, 3.05) is 47.3 Å². The highest BCUT2D eigenvalue weighted by atomic mass is 19.3. The molecule has 10 aromatic rings. The highest BCUT2D eigenvalue weighted by molar-refractivity contribution is 5.89. The number of ketones is 1. The number of benzene rings is 7. The fourth-order valence-corrected chi connectivity index (χ4v) is 18.0. The smallest absolute Gasteiger partial charge is 0.306 e. The number of H-pyrrole nitrogens is 3. The van der Waals surface area contributed by atoms with E-state index in [1.807, 2.05) is 109 Å². The van der Waals surface area contributed by atoms with Crippen molar-refractivity contribution in [3.63, 3.8) is 0 Å². The van der Waals surface area contributed by atoms with Gasteiger partial charge >= 0.3 is 5.97 Å². The molecular weight excluding hydrogens is 1560 g/mol. The van der Waals surface area contributed by atoms with Crippen LogP contribution in [-0.2, 0) is 57.3 Å². The van der Waals surface area contributed by atoms with Crippen LogP contribution in [0.15, 0.2) is 146 Å². The number of hydrogen-bond acceptors (Lipinski definition) is 11. The van der Waals surface area contributed by atoms with E-state index in [2.05, 4.69) is 46.2 Å². The summed E-state index contributed by atoms with van der Waals surface area (Å²) in [5, 5.41) is 45.5. The number of carbonyl (C=O) groups excluding carboxylic acids is 2. The average molecular weight is 1670 g/mol. The largest absolute Gasteiger partial charge is 0.481 e. The number of halogens is 12. The number of aryl methyl sites for hydroxylation is 3. The third kappa shape index (κ3) is 21.8. The SMILES string of the molecule is CC(C)[C@@H]1C(=O)CC(F)(F)c2cc(F)ccc21.CC(C)[C@H]1c2ccc(F)cc2C(F)(F)C[C@]1(O)CC(=O)N(C)CCCc1nc2ccccc2[nH]1.CC(C)[C@H]1c2ccc(F)cc2C(F)(F)C[C@]1(O)CC(=O)O.CC(C)[C@H]1c2ccc(F)cc2C(F)(F)C[C@]1(O)CCN(C)CCCc1nc2ccccc2[nH]1.CNCCCc1nc2ccccc2[nH]1. The van der Waals surface area contributed by atoms with Gasteiger partial charge in [0.15, 0.2) is 0 Å². The molecule has 16 nitrogen and oxygen atoms in total. The van der Waals surface area contributed by atoms with E-state index < -0.39 is 155 Å². The quantitative estimate of drug-likeness (QED) is 0.0221. The number of rotatable bonds is 23. The van der Waals surface area contributed by atoms with Crippen LogP contribution in [0.4, 0.5) is 52.7 Å². The van der Waals surface area contributed by atoms with Gasteiger partial charge in [-0.3, -0.25) is 14.4 Å². The molecule has 0 radical (unpaired) electrons. The Morgan fingerprint density at radius 1 is 0.462 bits per heavy atom. The molecular formula is C91H107F12N9O7. The van der Waals surface area contributed by atoms with Crippen molar-refractivity contribution >= 4 is 50.8 Å². The Balaban J connectivity index is 0.000000163. The number of amides is 1. The van der Waals surface area contributed by atoms with E-state index in [1.165, 1.54) is 35.2 Å². The number of imidazole rings is 3. The summed E-state index contributed by atoms with van der Waals surface area (Å²) in [6.45, 7) is 17.2. The summed E-state index contributed by atoms with van der Waals surface area (Å²) in [6, 6.07) is 36.9. The van der Waals surface area contributed by atoms with E-state index in [1.54, 1.807) is 34.7 Å². The van der Waals surface area contributed by atoms with Gasteiger partial charge in [0.2, 0.25) is 5.91 Å². The zero-order valence-corrected chi connectivity index (χ0v) is 68.8. The monoisotopic (exact) mass is 1670 g/mol. The van der Waals surface area contributed by atoms with E-state index in [-0.39, 0.29) is 57.9 Å². The van der Waals surface area contributed by atoms with Gasteiger partial charge in [0.25, 0.3) is 23.7 Å². The number of carboxylic acid groups (broad SMARTS) is 1. The minimum atomic E-state index is -3.47. The number of alkyl halides is 8. The van der Waals surface area contributed by atoms with Crippen molar-refractivity contribution in [3.8, 4) is 0 Å². The maximum atomic E-state index is 15.0. The van der Waals surface area contributed by atoms with Gasteiger partial charge < -0.3 is 50.5 Å². The van der Waals surface area contributed by atoms with Crippen LogP contribution in [0.2, 0.25) is 0 Å². The Morgan fingerprint density at radius 2 is 0.807 bits per heavy atom. The molecule has 1 amide bonds. The molecule has 0 aliphatic heterocycles. The number of nitrogens with zero attached hydrogens (tertiary/aromatic N) is 5. The van der Waals surface area contributed by atoms with Crippen LogP contribution in [0.25, 0.3) is 33.1 Å². The fraction of sp³-hybridized carbons (Fsp3) is 0.473. The standard InChI is InChI=1S/C26H30F3N3O2.C26H32F3N3O.C15H17F3O3.C13H13F3O.C11H15N3/c1-16(2)24-18-11-10-17(27)13-19(18)26(28,29)15-25(24,34)14-23(33)32(3)12-6-9-22-30-20-7-4-5-8-21(20)31-22;1-17(2)24-19-11-10-18(27)15-20(19)26(28,29)16-25(24,33)12-14-32(3)13-6-9-23-30-21-7-4-5-8-22(21)31-23;1-8(2)13-10-4-3-9(16)5-11(10)15(17,18)7-14(13,21)6-12(19)20;1-7(2)12-9-4-3-8(14)5-10(9)13(15,16)6-11(12)17;1-12-8-4-7-11-13-9-5-2-3-6-10(9)14-11/h4-5,7-8,10-11,13,16,24,34H,6,9,12,14-15H2,1-3H3,(H,30,31);4-5,7-8,10-11,15,17,24,33H,6,9,12-14,16H2,1-3H3,(H,30,31);3-5,8,13,21H,6-7H2,1-2H3,(H,19,20);3-5,7,12H,6H2,1-2H3;2-3,5-6,12H,4,7-8H2,1H3,(H,13,14)/t2*24-,25+;13-,14+;12-;/m0000./s1. The van der Waals surface area contributed by atoms with E-state index >= 15 is 0 Å². The number of aromatic amines is 3. The van der Waals surface area contributed by atoms with Crippen LogP contribution in [0.1, 0.15) is 205 Å². The number of Topliss-reactive ketones (excluding diaryl/α,β-unsaturated/α-hetero) is 1. The van der Waals surface area contributed by atoms with E-state index in [0.717, 1.165) is 132 Å². The Labute approximate surface area is 685 Å². The predicted molar refractivity (Wildman–Crippen MR) is 434 cm³/mol. The average Bonchev–Trinajstić information content (AvgIpc) is 1.10. The highest BCUT2D eigenvalue weighted by Crippen LogP contribution is 2.57. The molecule has 119 heavy (non-hydrogen) atoms. The van der Waals surface area contributed by atoms with Gasteiger partial charge in [0.1, 0.15) is 46.5 Å². The van der Waals surface area contributed by atoms with Gasteiger partial charge in [-0.05, 0) is 184 Å². The van der Waals surface area contributed by atoms with Gasteiger partial charge in [-0.1, -0.05) is 116 Å². The molecule has 4 aliphatic carbocycles. The van der Waals surface area contributed by atoms with Crippen molar-refractivity contribution < 1.29 is 87.5 Å². The van der Waals surface area contributed by atoms with Crippen molar-refractivity contribution in [1.29, 1.82) is 0 Å². The molecule has 0 bridgehead atoms. The lowest BCUT2D eigenvalue weighted by molar-refractivity contribution is -0.157. The molecule has 14 rings (SSSR count). The van der Waals surface area contributed by atoms with Gasteiger partial charge in [0.05, 0.1) is 69.2 Å². The summed E-state index contributed by atoms with van der Waals surface area (Å²) >= 11 is 0. The molecule has 0 saturated carbocycles. The zero-order chi connectivity index (χ0) is 87.1. The Morgan fingerprint density at radius 3 is 1.18 bits per heavy atom. The lowest BCUT2D eigenvalue weighted by Crippen LogP contribution is -2.50. The molecule has 28 heteroatoms. The summed E-state index contributed by atoms with van der Waals surface area (Å²) in [5.41, 5.74) is -0.121. The highest BCUT2D eigenvalue weighted by Gasteiger charge is 2.58. The van der Waals surface area contributed by atoms with Crippen LogP contribution in [0.3, 0.4) is 0 Å². The number of fused-ring (bicyclic) bond motifs is 7. The van der Waals surface area contributed by atoms with Crippen LogP contribution < -0.4 is 5.32 Å². The summed E-state index contributed by atoms with van der Waals surface area (Å²) in [4.78, 5) is 62.7. The molecule has 7 atom stereocenters. The molecule has 3 heterocycles.